The number of hydrogen-bond acceptors (Lipinski definition) is 5. The Labute approximate surface area is 155 Å². The standard InChI is InChI=1S/C19H25N3O3S/c1-2-6-18(16-7-4-3-5-8-16)21-19-10-9-17(15-20-19)26(23,24)22-11-13-25-14-12-22/h3-5,7-10,15,18H,2,6,11-14H2,1H3,(H,20,21)/t18-/m1/s1. The lowest BCUT2D eigenvalue weighted by Gasteiger charge is -2.26. The molecule has 0 spiro atoms. The first-order chi connectivity index (χ1) is 12.6. The van der Waals surface area contributed by atoms with E-state index in [1.54, 1.807) is 12.1 Å². The van der Waals surface area contributed by atoms with Crippen LogP contribution in [0.15, 0.2) is 53.6 Å². The van der Waals surface area contributed by atoms with Crippen LogP contribution < -0.4 is 5.32 Å². The largest absolute Gasteiger partial charge is 0.379 e. The van der Waals surface area contributed by atoms with Gasteiger partial charge < -0.3 is 10.1 Å². The summed E-state index contributed by atoms with van der Waals surface area (Å²) in [5, 5.41) is 3.41. The predicted octanol–water partition coefficient (Wildman–Crippen LogP) is 3.06. The highest BCUT2D eigenvalue weighted by Crippen LogP contribution is 2.24. The van der Waals surface area contributed by atoms with Crippen LogP contribution in [-0.4, -0.2) is 44.0 Å². The van der Waals surface area contributed by atoms with E-state index < -0.39 is 10.0 Å². The molecule has 2 aromatic rings. The third kappa shape index (κ3) is 4.41. The van der Waals surface area contributed by atoms with Crippen LogP contribution >= 0.6 is 0 Å². The minimum Gasteiger partial charge on any atom is -0.379 e. The lowest BCUT2D eigenvalue weighted by Crippen LogP contribution is -2.40. The molecule has 0 radical (unpaired) electrons. The summed E-state index contributed by atoms with van der Waals surface area (Å²) in [6, 6.07) is 13.7. The molecule has 140 valence electrons. The second-order valence-corrected chi connectivity index (χ2v) is 8.23. The molecule has 0 bridgehead atoms. The van der Waals surface area contributed by atoms with E-state index in [1.165, 1.54) is 16.1 Å². The number of nitrogens with zero attached hydrogens (tertiary/aromatic N) is 2. The molecule has 3 rings (SSSR count). The Morgan fingerprint density at radius 3 is 2.50 bits per heavy atom. The SMILES string of the molecule is CCC[C@@H](Nc1ccc(S(=O)(=O)N2CCOCC2)cn1)c1ccccc1. The van der Waals surface area contributed by atoms with Gasteiger partial charge in [-0.3, -0.25) is 0 Å². The van der Waals surface area contributed by atoms with Crippen molar-refractivity contribution >= 4 is 15.8 Å². The average Bonchev–Trinajstić information content (AvgIpc) is 2.69. The van der Waals surface area contributed by atoms with Crippen LogP contribution in [-0.2, 0) is 14.8 Å². The molecule has 1 saturated heterocycles. The van der Waals surface area contributed by atoms with Crippen molar-refractivity contribution in [2.75, 3.05) is 31.6 Å². The summed E-state index contributed by atoms with van der Waals surface area (Å²) in [6.07, 6.45) is 3.44. The molecule has 1 aromatic heterocycles. The van der Waals surface area contributed by atoms with E-state index in [9.17, 15) is 8.42 Å². The van der Waals surface area contributed by atoms with Crippen molar-refractivity contribution in [3.05, 3.63) is 54.2 Å². The second-order valence-electron chi connectivity index (χ2n) is 6.29. The first-order valence-corrected chi connectivity index (χ1v) is 10.4. The van der Waals surface area contributed by atoms with Crippen molar-refractivity contribution < 1.29 is 13.2 Å². The van der Waals surface area contributed by atoms with Crippen LogP contribution in [0, 0.1) is 0 Å². The van der Waals surface area contributed by atoms with Crippen molar-refractivity contribution in [3.8, 4) is 0 Å². The number of ether oxygens (including phenoxy) is 1. The lowest BCUT2D eigenvalue weighted by atomic mass is 10.0. The molecule has 2 heterocycles. The van der Waals surface area contributed by atoms with E-state index in [1.807, 2.05) is 18.2 Å². The van der Waals surface area contributed by atoms with E-state index in [-0.39, 0.29) is 10.9 Å². The van der Waals surface area contributed by atoms with E-state index in [0.29, 0.717) is 32.1 Å². The van der Waals surface area contributed by atoms with Gasteiger partial charge in [0.1, 0.15) is 10.7 Å². The van der Waals surface area contributed by atoms with Crippen molar-refractivity contribution in [1.82, 2.24) is 9.29 Å². The lowest BCUT2D eigenvalue weighted by molar-refractivity contribution is 0.0730. The Balaban J connectivity index is 1.74. The Hall–Kier alpha value is -1.96. The summed E-state index contributed by atoms with van der Waals surface area (Å²) in [7, 11) is -3.51. The quantitative estimate of drug-likeness (QED) is 0.805. The van der Waals surface area contributed by atoms with Crippen LogP contribution in [0.3, 0.4) is 0 Å². The zero-order valence-corrected chi connectivity index (χ0v) is 15.8. The Bertz CT molecular complexity index is 789. The maximum Gasteiger partial charge on any atom is 0.244 e. The van der Waals surface area contributed by atoms with Crippen LogP contribution in [0.25, 0.3) is 0 Å². The zero-order valence-electron chi connectivity index (χ0n) is 15.0. The van der Waals surface area contributed by atoms with E-state index in [4.69, 9.17) is 4.74 Å². The Morgan fingerprint density at radius 2 is 1.88 bits per heavy atom. The highest BCUT2D eigenvalue weighted by molar-refractivity contribution is 7.89. The fraction of sp³-hybridized carbons (Fsp3) is 0.421. The van der Waals surface area contributed by atoms with Gasteiger partial charge in [0.05, 0.1) is 19.3 Å². The summed E-state index contributed by atoms with van der Waals surface area (Å²) < 4.78 is 32.0. The van der Waals surface area contributed by atoms with Gasteiger partial charge in [0.2, 0.25) is 10.0 Å². The topological polar surface area (TPSA) is 71.5 Å². The van der Waals surface area contributed by atoms with Gasteiger partial charge in [-0.15, -0.1) is 0 Å². The number of nitrogens with one attached hydrogen (secondary N) is 1. The fourth-order valence-corrected chi connectivity index (χ4v) is 4.38. The van der Waals surface area contributed by atoms with Crippen LogP contribution in [0.5, 0.6) is 0 Å². The first kappa shape index (κ1) is 18.8. The smallest absolute Gasteiger partial charge is 0.244 e. The molecular formula is C19H25N3O3S. The molecular weight excluding hydrogens is 350 g/mol. The molecule has 1 fully saturated rings. The molecule has 26 heavy (non-hydrogen) atoms. The summed E-state index contributed by atoms with van der Waals surface area (Å²) in [5.41, 5.74) is 1.20. The van der Waals surface area contributed by atoms with Gasteiger partial charge in [0, 0.05) is 19.3 Å². The molecule has 1 N–H and O–H groups in total. The highest BCUT2D eigenvalue weighted by Gasteiger charge is 2.26. The minimum atomic E-state index is -3.51. The molecule has 6 nitrogen and oxygen atoms in total. The zero-order chi connectivity index (χ0) is 18.4. The van der Waals surface area contributed by atoms with Gasteiger partial charge >= 0.3 is 0 Å². The molecule has 0 aliphatic carbocycles. The average molecular weight is 375 g/mol. The Kier molecular flexibility index (Phi) is 6.24. The first-order valence-electron chi connectivity index (χ1n) is 8.96. The van der Waals surface area contributed by atoms with Crippen LogP contribution in [0.4, 0.5) is 5.82 Å². The van der Waals surface area contributed by atoms with Gasteiger partial charge in [-0.05, 0) is 24.1 Å². The third-order valence-corrected chi connectivity index (χ3v) is 6.33. The van der Waals surface area contributed by atoms with E-state index in [0.717, 1.165) is 12.8 Å². The predicted molar refractivity (Wildman–Crippen MR) is 102 cm³/mol. The summed E-state index contributed by atoms with van der Waals surface area (Å²) in [4.78, 5) is 4.56. The summed E-state index contributed by atoms with van der Waals surface area (Å²) in [5.74, 6) is 0.674. The highest BCUT2D eigenvalue weighted by atomic mass is 32.2. The number of morpholine rings is 1. The maximum atomic E-state index is 12.7. The van der Waals surface area contributed by atoms with Gasteiger partial charge in [-0.1, -0.05) is 43.7 Å². The molecule has 1 atom stereocenters. The number of sulfonamides is 1. The number of anilines is 1. The fourth-order valence-electron chi connectivity index (χ4n) is 3.03. The molecule has 1 aromatic carbocycles. The van der Waals surface area contributed by atoms with E-state index in [2.05, 4.69) is 29.4 Å². The number of pyridine rings is 1. The number of benzene rings is 1. The van der Waals surface area contributed by atoms with Crippen LogP contribution in [0.1, 0.15) is 31.4 Å². The molecule has 1 aliphatic heterocycles. The van der Waals surface area contributed by atoms with Gasteiger partial charge in [-0.25, -0.2) is 13.4 Å². The van der Waals surface area contributed by atoms with Crippen molar-refractivity contribution in [2.45, 2.75) is 30.7 Å². The van der Waals surface area contributed by atoms with Crippen molar-refractivity contribution in [3.63, 3.8) is 0 Å². The second kappa shape index (κ2) is 8.62. The van der Waals surface area contributed by atoms with Crippen molar-refractivity contribution in [1.29, 1.82) is 0 Å². The molecule has 0 amide bonds. The van der Waals surface area contributed by atoms with Crippen LogP contribution in [0.2, 0.25) is 0 Å². The summed E-state index contributed by atoms with van der Waals surface area (Å²) >= 11 is 0. The maximum absolute atomic E-state index is 12.7. The van der Waals surface area contributed by atoms with Gasteiger partial charge in [0.25, 0.3) is 0 Å². The number of hydrogen-bond donors (Lipinski definition) is 1. The normalized spacial score (nSPS) is 17.0. The third-order valence-electron chi connectivity index (χ3n) is 4.45. The number of rotatable bonds is 7. The molecule has 0 saturated carbocycles. The Morgan fingerprint density at radius 1 is 1.15 bits per heavy atom. The molecule has 0 unspecified atom stereocenters. The van der Waals surface area contributed by atoms with Gasteiger partial charge in [0.15, 0.2) is 0 Å². The monoisotopic (exact) mass is 375 g/mol. The van der Waals surface area contributed by atoms with Gasteiger partial charge in [-0.2, -0.15) is 4.31 Å². The molecule has 7 heteroatoms. The van der Waals surface area contributed by atoms with E-state index >= 15 is 0 Å². The summed E-state index contributed by atoms with van der Waals surface area (Å²) in [6.45, 7) is 3.77. The number of aromatic nitrogens is 1. The minimum absolute atomic E-state index is 0.149. The van der Waals surface area contributed by atoms with Crippen molar-refractivity contribution in [2.24, 2.45) is 0 Å². The molecule has 1 aliphatic rings.